The zero-order valence-electron chi connectivity index (χ0n) is 13.4. The molecule has 6 heteroatoms. The van der Waals surface area contributed by atoms with Gasteiger partial charge in [-0.05, 0) is 37.1 Å². The molecule has 1 heterocycles. The van der Waals surface area contributed by atoms with Crippen molar-refractivity contribution in [3.63, 3.8) is 0 Å². The summed E-state index contributed by atoms with van der Waals surface area (Å²) in [6, 6.07) is 10.8. The van der Waals surface area contributed by atoms with Crippen LogP contribution < -0.4 is 15.0 Å². The van der Waals surface area contributed by atoms with Crippen molar-refractivity contribution in [2.45, 2.75) is 13.8 Å². The number of ether oxygens (including phenoxy) is 1. The second kappa shape index (κ2) is 6.53. The first-order valence-corrected chi connectivity index (χ1v) is 7.92. The van der Waals surface area contributed by atoms with Gasteiger partial charge in [-0.1, -0.05) is 29.8 Å². The summed E-state index contributed by atoms with van der Waals surface area (Å²) in [5.41, 5.74) is 3.28. The molecule has 0 unspecified atom stereocenters. The molecule has 0 aromatic heterocycles. The third kappa shape index (κ3) is 3.21. The van der Waals surface area contributed by atoms with Crippen LogP contribution in [0.5, 0.6) is 5.75 Å². The lowest BCUT2D eigenvalue weighted by Gasteiger charge is -2.29. The van der Waals surface area contributed by atoms with Gasteiger partial charge in [0.05, 0.1) is 5.69 Å². The molecule has 5 nitrogen and oxygen atoms in total. The summed E-state index contributed by atoms with van der Waals surface area (Å²) >= 11 is 5.95. The normalized spacial score (nSPS) is 13.3. The number of anilines is 2. The van der Waals surface area contributed by atoms with Crippen LogP contribution in [0.2, 0.25) is 5.02 Å². The highest BCUT2D eigenvalue weighted by Crippen LogP contribution is 2.34. The maximum Gasteiger partial charge on any atom is 0.265 e. The number of halogens is 1. The van der Waals surface area contributed by atoms with Crippen LogP contribution in [-0.4, -0.2) is 25.0 Å². The van der Waals surface area contributed by atoms with Crippen molar-refractivity contribution in [3.05, 3.63) is 52.5 Å². The van der Waals surface area contributed by atoms with Gasteiger partial charge in [-0.3, -0.25) is 14.5 Å². The van der Waals surface area contributed by atoms with E-state index in [4.69, 9.17) is 16.3 Å². The summed E-state index contributed by atoms with van der Waals surface area (Å²) in [7, 11) is 0. The molecular formula is C18H17ClN2O3. The Morgan fingerprint density at radius 2 is 1.96 bits per heavy atom. The Balaban J connectivity index is 1.81. The highest BCUT2D eigenvalue weighted by molar-refractivity contribution is 6.31. The molecule has 0 radical (unpaired) electrons. The van der Waals surface area contributed by atoms with Gasteiger partial charge in [0.15, 0.2) is 6.61 Å². The number of hydrogen-bond donors (Lipinski definition) is 1. The van der Waals surface area contributed by atoms with Gasteiger partial charge in [0.1, 0.15) is 12.3 Å². The maximum absolute atomic E-state index is 12.4. The van der Waals surface area contributed by atoms with E-state index in [1.165, 1.54) is 4.90 Å². The number of amides is 2. The molecule has 2 amide bonds. The highest BCUT2D eigenvalue weighted by Gasteiger charge is 2.27. The fourth-order valence-electron chi connectivity index (χ4n) is 2.69. The molecule has 0 saturated heterocycles. The van der Waals surface area contributed by atoms with Gasteiger partial charge in [0.25, 0.3) is 5.91 Å². The Morgan fingerprint density at radius 1 is 1.25 bits per heavy atom. The predicted molar refractivity (Wildman–Crippen MR) is 93.8 cm³/mol. The minimum atomic E-state index is -0.263. The van der Waals surface area contributed by atoms with Crippen LogP contribution in [0.15, 0.2) is 36.4 Å². The summed E-state index contributed by atoms with van der Waals surface area (Å²) in [4.78, 5) is 26.0. The average Bonchev–Trinajstić information content (AvgIpc) is 2.54. The quantitative estimate of drug-likeness (QED) is 0.929. The average molecular weight is 345 g/mol. The first kappa shape index (κ1) is 16.3. The first-order valence-electron chi connectivity index (χ1n) is 7.54. The van der Waals surface area contributed by atoms with Gasteiger partial charge in [0, 0.05) is 16.8 Å². The second-order valence-corrected chi connectivity index (χ2v) is 6.13. The molecule has 2 aromatic carbocycles. The van der Waals surface area contributed by atoms with Crippen molar-refractivity contribution in [3.8, 4) is 5.75 Å². The van der Waals surface area contributed by atoms with E-state index >= 15 is 0 Å². The van der Waals surface area contributed by atoms with Crippen molar-refractivity contribution in [1.29, 1.82) is 0 Å². The molecule has 24 heavy (non-hydrogen) atoms. The third-order valence-electron chi connectivity index (χ3n) is 3.91. The SMILES string of the molecule is Cc1cccc(C)c1NC(=O)CN1C(=O)COc2cc(Cl)ccc21. The molecule has 0 aliphatic carbocycles. The monoisotopic (exact) mass is 344 g/mol. The van der Waals surface area contributed by atoms with E-state index < -0.39 is 0 Å². The van der Waals surface area contributed by atoms with E-state index in [1.807, 2.05) is 32.0 Å². The van der Waals surface area contributed by atoms with Crippen LogP contribution in [0, 0.1) is 13.8 Å². The van der Waals surface area contributed by atoms with E-state index in [1.54, 1.807) is 18.2 Å². The zero-order valence-corrected chi connectivity index (χ0v) is 14.2. The minimum Gasteiger partial charge on any atom is -0.482 e. The summed E-state index contributed by atoms with van der Waals surface area (Å²) in [6.07, 6.45) is 0. The first-order chi connectivity index (χ1) is 11.5. The van der Waals surface area contributed by atoms with Crippen molar-refractivity contribution in [2.75, 3.05) is 23.4 Å². The Bertz CT molecular complexity index is 800. The number of fused-ring (bicyclic) bond motifs is 1. The fourth-order valence-corrected chi connectivity index (χ4v) is 2.85. The topological polar surface area (TPSA) is 58.6 Å². The number of benzene rings is 2. The van der Waals surface area contributed by atoms with Crippen molar-refractivity contribution < 1.29 is 14.3 Å². The molecule has 2 aromatic rings. The third-order valence-corrected chi connectivity index (χ3v) is 4.15. The molecule has 124 valence electrons. The van der Waals surface area contributed by atoms with Crippen LogP contribution in [0.4, 0.5) is 11.4 Å². The second-order valence-electron chi connectivity index (χ2n) is 5.70. The van der Waals surface area contributed by atoms with Crippen LogP contribution in [-0.2, 0) is 9.59 Å². The van der Waals surface area contributed by atoms with Gasteiger partial charge in [-0.25, -0.2) is 0 Å². The Hall–Kier alpha value is -2.53. The van der Waals surface area contributed by atoms with E-state index in [-0.39, 0.29) is 25.0 Å². The Morgan fingerprint density at radius 3 is 2.67 bits per heavy atom. The van der Waals surface area contributed by atoms with E-state index in [9.17, 15) is 9.59 Å². The summed E-state index contributed by atoms with van der Waals surface area (Å²) in [5, 5.41) is 3.41. The minimum absolute atomic E-state index is 0.0788. The highest BCUT2D eigenvalue weighted by atomic mass is 35.5. The standard InChI is InChI=1S/C18H17ClN2O3/c1-11-4-3-5-12(2)18(11)20-16(22)9-21-14-7-6-13(19)8-15(14)24-10-17(21)23/h3-8H,9-10H2,1-2H3,(H,20,22). The number of para-hydroxylation sites is 1. The smallest absolute Gasteiger partial charge is 0.265 e. The van der Waals surface area contributed by atoms with Crippen molar-refractivity contribution in [2.24, 2.45) is 0 Å². The van der Waals surface area contributed by atoms with Crippen molar-refractivity contribution >= 4 is 34.8 Å². The van der Waals surface area contributed by atoms with Gasteiger partial charge in [-0.2, -0.15) is 0 Å². The van der Waals surface area contributed by atoms with Crippen molar-refractivity contribution in [1.82, 2.24) is 0 Å². The van der Waals surface area contributed by atoms with E-state index in [0.717, 1.165) is 16.8 Å². The van der Waals surface area contributed by atoms with Crippen LogP contribution in [0.3, 0.4) is 0 Å². The summed E-state index contributed by atoms with van der Waals surface area (Å²) < 4.78 is 5.38. The molecule has 3 rings (SSSR count). The number of nitrogens with one attached hydrogen (secondary N) is 1. The predicted octanol–water partition coefficient (Wildman–Crippen LogP) is 3.32. The fraction of sp³-hybridized carbons (Fsp3) is 0.222. The Kier molecular flexibility index (Phi) is 4.44. The summed E-state index contributed by atoms with van der Waals surface area (Å²) in [5.74, 6) is -0.0213. The molecule has 0 atom stereocenters. The number of rotatable bonds is 3. The summed E-state index contributed by atoms with van der Waals surface area (Å²) in [6.45, 7) is 3.67. The van der Waals surface area contributed by atoms with Crippen LogP contribution >= 0.6 is 11.6 Å². The number of carbonyl (C=O) groups excluding carboxylic acids is 2. The molecular weight excluding hydrogens is 328 g/mol. The number of carbonyl (C=O) groups is 2. The van der Waals surface area contributed by atoms with Gasteiger partial charge >= 0.3 is 0 Å². The number of aryl methyl sites for hydroxylation is 2. The molecule has 0 spiro atoms. The molecule has 0 bridgehead atoms. The molecule has 0 fully saturated rings. The molecule has 1 N–H and O–H groups in total. The van der Waals surface area contributed by atoms with Crippen LogP contribution in [0.25, 0.3) is 0 Å². The van der Waals surface area contributed by atoms with Gasteiger partial charge < -0.3 is 10.1 Å². The van der Waals surface area contributed by atoms with Crippen LogP contribution in [0.1, 0.15) is 11.1 Å². The molecule has 1 aliphatic heterocycles. The number of hydrogen-bond acceptors (Lipinski definition) is 3. The zero-order chi connectivity index (χ0) is 17.3. The van der Waals surface area contributed by atoms with Gasteiger partial charge in [-0.15, -0.1) is 0 Å². The largest absolute Gasteiger partial charge is 0.482 e. The Labute approximate surface area is 145 Å². The van der Waals surface area contributed by atoms with E-state index in [2.05, 4.69) is 5.32 Å². The lowest BCUT2D eigenvalue weighted by atomic mass is 10.1. The maximum atomic E-state index is 12.4. The lowest BCUT2D eigenvalue weighted by molar-refractivity contribution is -0.123. The molecule has 1 aliphatic rings. The lowest BCUT2D eigenvalue weighted by Crippen LogP contribution is -2.43. The van der Waals surface area contributed by atoms with Gasteiger partial charge in [0.2, 0.25) is 5.91 Å². The number of nitrogens with zero attached hydrogens (tertiary/aromatic N) is 1. The molecule has 0 saturated carbocycles. The van der Waals surface area contributed by atoms with E-state index in [0.29, 0.717) is 16.5 Å².